The molecule has 21 heavy (non-hydrogen) atoms. The molecule has 5 heteroatoms. The lowest BCUT2D eigenvalue weighted by molar-refractivity contribution is -0.139. The maximum Gasteiger partial charge on any atom is 0.326 e. The molecule has 1 atom stereocenters. The van der Waals surface area contributed by atoms with Crippen LogP contribution in [0, 0.1) is 0 Å². The number of nitrogens with zero attached hydrogens (tertiary/aromatic N) is 1. The van der Waals surface area contributed by atoms with Crippen LogP contribution >= 0.6 is 0 Å². The van der Waals surface area contributed by atoms with Gasteiger partial charge in [-0.25, -0.2) is 9.59 Å². The zero-order chi connectivity index (χ0) is 15.8. The summed E-state index contributed by atoms with van der Waals surface area (Å²) in [5, 5.41) is 11.8. The highest BCUT2D eigenvalue weighted by Crippen LogP contribution is 2.05. The van der Waals surface area contributed by atoms with Gasteiger partial charge >= 0.3 is 12.0 Å². The molecule has 0 heterocycles. The van der Waals surface area contributed by atoms with E-state index in [2.05, 4.69) is 11.9 Å². The Labute approximate surface area is 125 Å². The Kier molecular flexibility index (Phi) is 6.46. The average Bonchev–Trinajstić information content (AvgIpc) is 2.44. The SMILES string of the molecule is C=C(C)CN(CC)C(=O)NC(Cc1ccccc1)C(=O)O. The number of carboxylic acids is 1. The van der Waals surface area contributed by atoms with E-state index >= 15 is 0 Å². The first-order valence-corrected chi connectivity index (χ1v) is 6.90. The lowest BCUT2D eigenvalue weighted by Gasteiger charge is -2.24. The van der Waals surface area contributed by atoms with E-state index < -0.39 is 12.0 Å². The number of benzene rings is 1. The average molecular weight is 290 g/mol. The lowest BCUT2D eigenvalue weighted by Crippen LogP contribution is -2.49. The molecule has 2 amide bonds. The molecule has 1 aromatic carbocycles. The summed E-state index contributed by atoms with van der Waals surface area (Å²) in [4.78, 5) is 25.0. The summed E-state index contributed by atoms with van der Waals surface area (Å²) in [5.41, 5.74) is 1.72. The van der Waals surface area contributed by atoms with Gasteiger partial charge in [-0.1, -0.05) is 42.5 Å². The van der Waals surface area contributed by atoms with Gasteiger partial charge in [0.25, 0.3) is 0 Å². The summed E-state index contributed by atoms with van der Waals surface area (Å²) in [6.07, 6.45) is 0.256. The summed E-state index contributed by atoms with van der Waals surface area (Å²) in [5.74, 6) is -1.04. The van der Waals surface area contributed by atoms with Crippen LogP contribution in [0.25, 0.3) is 0 Å². The van der Waals surface area contributed by atoms with Crippen molar-refractivity contribution in [3.05, 3.63) is 48.0 Å². The van der Waals surface area contributed by atoms with E-state index in [1.165, 1.54) is 4.90 Å². The van der Waals surface area contributed by atoms with Crippen LogP contribution in [0.1, 0.15) is 19.4 Å². The Balaban J connectivity index is 2.71. The van der Waals surface area contributed by atoms with Crippen LogP contribution in [0.4, 0.5) is 4.79 Å². The summed E-state index contributed by atoms with van der Waals surface area (Å²) in [7, 11) is 0. The molecule has 5 nitrogen and oxygen atoms in total. The quantitative estimate of drug-likeness (QED) is 0.757. The fourth-order valence-electron chi connectivity index (χ4n) is 1.94. The van der Waals surface area contributed by atoms with Crippen molar-refractivity contribution in [2.75, 3.05) is 13.1 Å². The fourth-order valence-corrected chi connectivity index (χ4v) is 1.94. The predicted octanol–water partition coefficient (Wildman–Crippen LogP) is 2.29. The first-order chi connectivity index (χ1) is 9.93. The Bertz CT molecular complexity index is 500. The highest BCUT2D eigenvalue weighted by Gasteiger charge is 2.22. The smallest absolute Gasteiger partial charge is 0.326 e. The third kappa shape index (κ3) is 5.69. The van der Waals surface area contributed by atoms with Gasteiger partial charge in [0, 0.05) is 19.5 Å². The molecule has 0 aliphatic heterocycles. The third-order valence-electron chi connectivity index (χ3n) is 3.01. The predicted molar refractivity (Wildman–Crippen MR) is 82.2 cm³/mol. The normalized spacial score (nSPS) is 11.5. The molecule has 1 aromatic rings. The number of nitrogens with one attached hydrogen (secondary N) is 1. The number of carboxylic acid groups (broad SMARTS) is 1. The molecule has 114 valence electrons. The summed E-state index contributed by atoms with van der Waals surface area (Å²) >= 11 is 0. The van der Waals surface area contributed by atoms with Gasteiger partial charge in [0.2, 0.25) is 0 Å². The Hall–Kier alpha value is -2.30. The number of urea groups is 1. The van der Waals surface area contributed by atoms with Crippen LogP contribution in [0.3, 0.4) is 0 Å². The zero-order valence-corrected chi connectivity index (χ0v) is 12.5. The Morgan fingerprint density at radius 1 is 1.33 bits per heavy atom. The van der Waals surface area contributed by atoms with E-state index in [0.717, 1.165) is 11.1 Å². The van der Waals surface area contributed by atoms with Crippen LogP contribution < -0.4 is 5.32 Å². The van der Waals surface area contributed by atoms with Gasteiger partial charge in [-0.05, 0) is 19.4 Å². The minimum absolute atomic E-state index is 0.256. The van der Waals surface area contributed by atoms with Gasteiger partial charge in [-0.2, -0.15) is 0 Å². The molecule has 1 rings (SSSR count). The first kappa shape index (κ1) is 16.8. The van der Waals surface area contributed by atoms with Gasteiger partial charge in [-0.15, -0.1) is 0 Å². The molecule has 1 unspecified atom stereocenters. The molecular weight excluding hydrogens is 268 g/mol. The van der Waals surface area contributed by atoms with Crippen molar-refractivity contribution in [2.24, 2.45) is 0 Å². The molecule has 0 aliphatic carbocycles. The van der Waals surface area contributed by atoms with Gasteiger partial charge in [-0.3, -0.25) is 0 Å². The number of amides is 2. The molecule has 0 spiro atoms. The topological polar surface area (TPSA) is 69.6 Å². The third-order valence-corrected chi connectivity index (χ3v) is 3.01. The van der Waals surface area contributed by atoms with Crippen molar-refractivity contribution in [2.45, 2.75) is 26.3 Å². The molecule has 0 fully saturated rings. The number of hydrogen-bond acceptors (Lipinski definition) is 2. The van der Waals surface area contributed by atoms with Gasteiger partial charge in [0.1, 0.15) is 6.04 Å². The molecule has 2 N–H and O–H groups in total. The molecule has 0 aromatic heterocycles. The maximum atomic E-state index is 12.1. The molecule has 0 radical (unpaired) electrons. The van der Waals surface area contributed by atoms with Crippen LogP contribution in [-0.4, -0.2) is 41.1 Å². The first-order valence-electron chi connectivity index (χ1n) is 6.90. The zero-order valence-electron chi connectivity index (χ0n) is 12.5. The van der Waals surface area contributed by atoms with Crippen molar-refractivity contribution in [3.8, 4) is 0 Å². The lowest BCUT2D eigenvalue weighted by atomic mass is 10.1. The number of carbonyl (C=O) groups is 2. The second kappa shape index (κ2) is 8.09. The molecule has 0 saturated carbocycles. The van der Waals surface area contributed by atoms with E-state index in [1.54, 1.807) is 0 Å². The van der Waals surface area contributed by atoms with E-state index in [4.69, 9.17) is 0 Å². The Morgan fingerprint density at radius 2 is 1.95 bits per heavy atom. The second-order valence-electron chi connectivity index (χ2n) is 5.00. The number of carbonyl (C=O) groups excluding carboxylic acids is 1. The minimum Gasteiger partial charge on any atom is -0.480 e. The standard InChI is InChI=1S/C16H22N2O3/c1-4-18(11-12(2)3)16(21)17-14(15(19)20)10-13-8-6-5-7-9-13/h5-9,14H,2,4,10-11H2,1,3H3,(H,17,21)(H,19,20). The second-order valence-corrected chi connectivity index (χ2v) is 5.00. The van der Waals surface area contributed by atoms with Crippen molar-refractivity contribution < 1.29 is 14.7 Å². The summed E-state index contributed by atoms with van der Waals surface area (Å²) in [6.45, 7) is 8.35. The van der Waals surface area contributed by atoms with Crippen molar-refractivity contribution in [1.29, 1.82) is 0 Å². The van der Waals surface area contributed by atoms with Crippen LogP contribution in [0.15, 0.2) is 42.5 Å². The van der Waals surface area contributed by atoms with E-state index in [-0.39, 0.29) is 12.5 Å². The minimum atomic E-state index is -1.04. The van der Waals surface area contributed by atoms with Crippen LogP contribution in [-0.2, 0) is 11.2 Å². The van der Waals surface area contributed by atoms with Crippen molar-refractivity contribution in [1.82, 2.24) is 10.2 Å². The van der Waals surface area contributed by atoms with E-state index in [0.29, 0.717) is 13.1 Å². The Morgan fingerprint density at radius 3 is 2.43 bits per heavy atom. The molecular formula is C16H22N2O3. The van der Waals surface area contributed by atoms with Gasteiger partial charge < -0.3 is 15.3 Å². The van der Waals surface area contributed by atoms with Crippen molar-refractivity contribution in [3.63, 3.8) is 0 Å². The molecule has 0 saturated heterocycles. The van der Waals surface area contributed by atoms with Crippen LogP contribution in [0.2, 0.25) is 0 Å². The van der Waals surface area contributed by atoms with Gasteiger partial charge in [0.05, 0.1) is 0 Å². The number of aliphatic carboxylic acids is 1. The van der Waals surface area contributed by atoms with Crippen molar-refractivity contribution >= 4 is 12.0 Å². The molecule has 0 bridgehead atoms. The summed E-state index contributed by atoms with van der Waals surface area (Å²) < 4.78 is 0. The number of rotatable bonds is 7. The molecule has 0 aliphatic rings. The fraction of sp³-hybridized carbons (Fsp3) is 0.375. The monoisotopic (exact) mass is 290 g/mol. The summed E-state index contributed by atoms with van der Waals surface area (Å²) in [6, 6.07) is 7.90. The largest absolute Gasteiger partial charge is 0.480 e. The maximum absolute atomic E-state index is 12.1. The number of likely N-dealkylation sites (N-methyl/N-ethyl adjacent to an activating group) is 1. The van der Waals surface area contributed by atoms with Crippen LogP contribution in [0.5, 0.6) is 0 Å². The van der Waals surface area contributed by atoms with E-state index in [9.17, 15) is 14.7 Å². The number of hydrogen-bond donors (Lipinski definition) is 2. The van der Waals surface area contributed by atoms with Gasteiger partial charge in [0.15, 0.2) is 0 Å². The highest BCUT2D eigenvalue weighted by atomic mass is 16.4. The van der Waals surface area contributed by atoms with E-state index in [1.807, 2.05) is 44.2 Å². The highest BCUT2D eigenvalue weighted by molar-refractivity contribution is 5.83.